The van der Waals surface area contributed by atoms with Gasteiger partial charge in [-0.2, -0.15) is 0 Å². The van der Waals surface area contributed by atoms with Crippen molar-refractivity contribution in [3.8, 4) is 0 Å². The highest BCUT2D eigenvalue weighted by atomic mass is 16.7. The fourth-order valence-electron chi connectivity index (χ4n) is 4.01. The molecule has 3 heterocycles. The number of nitrogens with zero attached hydrogens (tertiary/aromatic N) is 3. The zero-order valence-corrected chi connectivity index (χ0v) is 16.9. The van der Waals surface area contributed by atoms with Gasteiger partial charge in [0.2, 0.25) is 5.91 Å². The Morgan fingerprint density at radius 1 is 1.10 bits per heavy atom. The van der Waals surface area contributed by atoms with Crippen molar-refractivity contribution < 1.29 is 14.4 Å². The van der Waals surface area contributed by atoms with Gasteiger partial charge in [0.15, 0.2) is 5.60 Å². The van der Waals surface area contributed by atoms with Crippen molar-refractivity contribution in [3.63, 3.8) is 0 Å². The molecule has 1 aromatic carbocycles. The normalized spacial score (nSPS) is 20.5. The van der Waals surface area contributed by atoms with Crippen molar-refractivity contribution in [1.82, 2.24) is 15.2 Å². The quantitative estimate of drug-likeness (QED) is 0.799. The first-order chi connectivity index (χ1) is 14.6. The molecule has 2 aliphatic rings. The van der Waals surface area contributed by atoms with Gasteiger partial charge in [0, 0.05) is 38.3 Å². The minimum atomic E-state index is -0.579. The largest absolute Gasteiger partial charge is 0.386 e. The molecule has 30 heavy (non-hydrogen) atoms. The molecular formula is C23H26N4O3. The first kappa shape index (κ1) is 20.1. The van der Waals surface area contributed by atoms with Gasteiger partial charge in [-0.25, -0.2) is 0 Å². The Kier molecular flexibility index (Phi) is 6.07. The number of aryl methyl sites for hydroxylation is 1. The molecule has 1 atom stereocenters. The Bertz CT molecular complexity index is 917. The maximum Gasteiger partial charge on any atom is 0.269 e. The van der Waals surface area contributed by atoms with E-state index in [0.29, 0.717) is 31.6 Å². The van der Waals surface area contributed by atoms with Crippen LogP contribution in [0.3, 0.4) is 0 Å². The molecule has 2 aromatic rings. The summed E-state index contributed by atoms with van der Waals surface area (Å²) in [5.74, 6) is -0.103. The monoisotopic (exact) mass is 406 g/mol. The first-order valence-corrected chi connectivity index (χ1v) is 10.4. The maximum absolute atomic E-state index is 12.7. The predicted octanol–water partition coefficient (Wildman–Crippen LogP) is 2.47. The lowest BCUT2D eigenvalue weighted by Crippen LogP contribution is -2.51. The van der Waals surface area contributed by atoms with Crippen LogP contribution >= 0.6 is 0 Å². The van der Waals surface area contributed by atoms with E-state index in [4.69, 9.17) is 4.84 Å². The van der Waals surface area contributed by atoms with E-state index in [1.165, 1.54) is 0 Å². The summed E-state index contributed by atoms with van der Waals surface area (Å²) < 4.78 is 0. The molecule has 0 bridgehead atoms. The third kappa shape index (κ3) is 4.84. The SMILES string of the molecule is O=C(NCc1ccncc1)C1=NO[C@@]2(CCCN(C(=O)CCc3ccccc3)C2)C1. The van der Waals surface area contributed by atoms with E-state index in [1.54, 1.807) is 12.4 Å². The number of rotatable bonds is 6. The lowest BCUT2D eigenvalue weighted by molar-refractivity contribution is -0.140. The van der Waals surface area contributed by atoms with Crippen molar-refractivity contribution in [1.29, 1.82) is 0 Å². The molecule has 1 spiro atoms. The van der Waals surface area contributed by atoms with Crippen LogP contribution in [-0.4, -0.2) is 46.1 Å². The zero-order valence-electron chi connectivity index (χ0n) is 16.9. The van der Waals surface area contributed by atoms with Gasteiger partial charge in [-0.1, -0.05) is 35.5 Å². The number of likely N-dealkylation sites (tertiary alicyclic amines) is 1. The fraction of sp³-hybridized carbons (Fsp3) is 0.391. The third-order valence-electron chi connectivity index (χ3n) is 5.67. The summed E-state index contributed by atoms with van der Waals surface area (Å²) in [7, 11) is 0. The summed E-state index contributed by atoms with van der Waals surface area (Å²) in [5, 5.41) is 6.94. The number of aromatic nitrogens is 1. The minimum Gasteiger partial charge on any atom is -0.386 e. The van der Waals surface area contributed by atoms with E-state index in [-0.39, 0.29) is 11.8 Å². The molecule has 0 unspecified atom stereocenters. The van der Waals surface area contributed by atoms with Gasteiger partial charge in [-0.05, 0) is 42.5 Å². The molecular weight excluding hydrogens is 380 g/mol. The van der Waals surface area contributed by atoms with Crippen LogP contribution in [0.15, 0.2) is 60.0 Å². The van der Waals surface area contributed by atoms with Crippen LogP contribution in [0.5, 0.6) is 0 Å². The topological polar surface area (TPSA) is 83.9 Å². The van der Waals surface area contributed by atoms with Crippen LogP contribution in [0.25, 0.3) is 0 Å². The van der Waals surface area contributed by atoms with E-state index in [1.807, 2.05) is 47.4 Å². The average Bonchev–Trinajstić information content (AvgIpc) is 3.20. The summed E-state index contributed by atoms with van der Waals surface area (Å²) in [6.45, 7) is 1.62. The Balaban J connectivity index is 1.28. The van der Waals surface area contributed by atoms with Crippen molar-refractivity contribution in [3.05, 3.63) is 66.0 Å². The van der Waals surface area contributed by atoms with E-state index in [2.05, 4.69) is 15.5 Å². The molecule has 0 radical (unpaired) electrons. The van der Waals surface area contributed by atoms with Crippen molar-refractivity contribution in [2.75, 3.05) is 13.1 Å². The lowest BCUT2D eigenvalue weighted by atomic mass is 9.87. The molecule has 1 saturated heterocycles. The average molecular weight is 406 g/mol. The van der Waals surface area contributed by atoms with Gasteiger partial charge in [0.1, 0.15) is 5.71 Å². The number of hydrogen-bond acceptors (Lipinski definition) is 5. The van der Waals surface area contributed by atoms with Crippen LogP contribution in [-0.2, 0) is 27.4 Å². The molecule has 1 N–H and O–H groups in total. The number of nitrogens with one attached hydrogen (secondary N) is 1. The molecule has 0 aliphatic carbocycles. The summed E-state index contributed by atoms with van der Waals surface area (Å²) in [6.07, 6.45) is 6.65. The molecule has 7 nitrogen and oxygen atoms in total. The highest BCUT2D eigenvalue weighted by Crippen LogP contribution is 2.33. The van der Waals surface area contributed by atoms with Crippen molar-refractivity contribution in [2.24, 2.45) is 5.16 Å². The van der Waals surface area contributed by atoms with E-state index < -0.39 is 5.60 Å². The lowest BCUT2D eigenvalue weighted by Gasteiger charge is -2.38. The van der Waals surface area contributed by atoms with E-state index >= 15 is 0 Å². The number of oxime groups is 1. The Labute approximate surface area is 176 Å². The molecule has 7 heteroatoms. The smallest absolute Gasteiger partial charge is 0.269 e. The molecule has 1 aromatic heterocycles. The summed E-state index contributed by atoms with van der Waals surface area (Å²) >= 11 is 0. The van der Waals surface area contributed by atoms with Gasteiger partial charge in [0.05, 0.1) is 6.54 Å². The van der Waals surface area contributed by atoms with Crippen molar-refractivity contribution >= 4 is 17.5 Å². The van der Waals surface area contributed by atoms with Crippen LogP contribution in [0.2, 0.25) is 0 Å². The molecule has 1 fully saturated rings. The number of pyridine rings is 1. The van der Waals surface area contributed by atoms with Gasteiger partial charge >= 0.3 is 0 Å². The van der Waals surface area contributed by atoms with Gasteiger partial charge in [-0.15, -0.1) is 0 Å². The van der Waals surface area contributed by atoms with E-state index in [0.717, 1.165) is 36.9 Å². The second-order valence-electron chi connectivity index (χ2n) is 7.93. The Morgan fingerprint density at radius 2 is 1.90 bits per heavy atom. The summed E-state index contributed by atoms with van der Waals surface area (Å²) in [4.78, 5) is 36.8. The Morgan fingerprint density at radius 3 is 2.70 bits per heavy atom. The number of benzene rings is 1. The number of amides is 2. The highest BCUT2D eigenvalue weighted by molar-refractivity contribution is 6.39. The second-order valence-corrected chi connectivity index (χ2v) is 7.93. The van der Waals surface area contributed by atoms with Gasteiger partial charge < -0.3 is 15.1 Å². The zero-order chi connectivity index (χ0) is 20.8. The molecule has 0 saturated carbocycles. The molecule has 156 valence electrons. The van der Waals surface area contributed by atoms with Crippen LogP contribution in [0.1, 0.15) is 36.8 Å². The minimum absolute atomic E-state index is 0.122. The standard InChI is InChI=1S/C23H26N4O3/c28-21(8-7-18-5-2-1-3-6-18)27-14-4-11-23(17-27)15-20(26-30-23)22(29)25-16-19-9-12-24-13-10-19/h1-3,5-6,9-10,12-13H,4,7-8,11,14-17H2,(H,25,29)/t23-/m0/s1. The first-order valence-electron chi connectivity index (χ1n) is 10.4. The molecule has 4 rings (SSSR count). The van der Waals surface area contributed by atoms with Gasteiger partial charge in [-0.3, -0.25) is 14.6 Å². The van der Waals surface area contributed by atoms with Gasteiger partial charge in [0.25, 0.3) is 5.91 Å². The Hall–Kier alpha value is -3.22. The van der Waals surface area contributed by atoms with Crippen LogP contribution in [0, 0.1) is 0 Å². The fourth-order valence-corrected chi connectivity index (χ4v) is 4.01. The number of piperidine rings is 1. The summed E-state index contributed by atoms with van der Waals surface area (Å²) in [6, 6.07) is 13.7. The van der Waals surface area contributed by atoms with Crippen molar-refractivity contribution in [2.45, 2.75) is 44.2 Å². The predicted molar refractivity (Wildman–Crippen MR) is 113 cm³/mol. The maximum atomic E-state index is 12.7. The highest BCUT2D eigenvalue weighted by Gasteiger charge is 2.45. The van der Waals surface area contributed by atoms with E-state index in [9.17, 15) is 9.59 Å². The van der Waals surface area contributed by atoms with Crippen LogP contribution < -0.4 is 5.32 Å². The number of carbonyl (C=O) groups is 2. The summed E-state index contributed by atoms with van der Waals surface area (Å²) in [5.41, 5.74) is 1.94. The van der Waals surface area contributed by atoms with Crippen LogP contribution in [0.4, 0.5) is 0 Å². The molecule has 2 aliphatic heterocycles. The second kappa shape index (κ2) is 9.07. The molecule has 2 amide bonds. The number of carbonyl (C=O) groups excluding carboxylic acids is 2. The third-order valence-corrected chi connectivity index (χ3v) is 5.67. The number of hydrogen-bond donors (Lipinski definition) is 1.